The summed E-state index contributed by atoms with van der Waals surface area (Å²) in [5, 5.41) is 6.41. The van der Waals surface area contributed by atoms with Crippen LogP contribution in [0.2, 0.25) is 0 Å². The van der Waals surface area contributed by atoms with E-state index < -0.39 is 0 Å². The van der Waals surface area contributed by atoms with Gasteiger partial charge in [0.1, 0.15) is 5.75 Å². The lowest BCUT2D eigenvalue weighted by Crippen LogP contribution is -2.44. The zero-order chi connectivity index (χ0) is 12.7. The van der Waals surface area contributed by atoms with E-state index >= 15 is 0 Å². The molecule has 104 valence electrons. The number of halogens is 1. The van der Waals surface area contributed by atoms with Crippen molar-refractivity contribution in [3.63, 3.8) is 0 Å². The Morgan fingerprint density at radius 2 is 2.16 bits per heavy atom. The first-order valence-corrected chi connectivity index (χ1v) is 6.47. The standard InChI is InChI=1S/C14H18N2O2.ClH/c1-3-8-4-9-10-6-15-7-11(10)16-14(17)13(9)12(5-8)18-2;/h4-5,10-11,15H,3,6-7H2,1-2H3,(H,16,17);1H/t10-,11+;/m1./s1. The minimum atomic E-state index is -0.00514. The fourth-order valence-electron chi connectivity index (χ4n) is 2.99. The van der Waals surface area contributed by atoms with Crippen LogP contribution in [0.5, 0.6) is 5.75 Å². The SMILES string of the molecule is CCc1cc(OC)c2c(c1)[C@H]1CNC[C@@H]1NC2=O.Cl. The van der Waals surface area contributed by atoms with Crippen molar-refractivity contribution < 1.29 is 9.53 Å². The summed E-state index contributed by atoms with van der Waals surface area (Å²) in [5.41, 5.74) is 3.09. The number of methoxy groups -OCH3 is 1. The van der Waals surface area contributed by atoms with Crippen LogP contribution in [0.4, 0.5) is 0 Å². The topological polar surface area (TPSA) is 50.4 Å². The largest absolute Gasteiger partial charge is 0.496 e. The van der Waals surface area contributed by atoms with Crippen LogP contribution in [0.25, 0.3) is 0 Å². The highest BCUT2D eigenvalue weighted by atomic mass is 35.5. The van der Waals surface area contributed by atoms with Crippen molar-refractivity contribution in [1.82, 2.24) is 10.6 Å². The number of benzene rings is 1. The van der Waals surface area contributed by atoms with Gasteiger partial charge in [0.15, 0.2) is 0 Å². The smallest absolute Gasteiger partial charge is 0.255 e. The van der Waals surface area contributed by atoms with Gasteiger partial charge in [-0.2, -0.15) is 0 Å². The molecule has 2 aliphatic heterocycles. The molecule has 1 amide bonds. The second-order valence-corrected chi connectivity index (χ2v) is 4.96. The third-order valence-electron chi connectivity index (χ3n) is 3.98. The van der Waals surface area contributed by atoms with E-state index in [1.807, 2.05) is 6.07 Å². The van der Waals surface area contributed by atoms with E-state index in [4.69, 9.17) is 4.74 Å². The molecule has 0 radical (unpaired) electrons. The van der Waals surface area contributed by atoms with Gasteiger partial charge in [-0.1, -0.05) is 13.0 Å². The Hall–Kier alpha value is -1.26. The average molecular weight is 283 g/mol. The number of aryl methyl sites for hydroxylation is 1. The number of amides is 1. The molecule has 4 nitrogen and oxygen atoms in total. The second kappa shape index (κ2) is 5.39. The van der Waals surface area contributed by atoms with Crippen molar-refractivity contribution in [1.29, 1.82) is 0 Å². The summed E-state index contributed by atoms with van der Waals surface area (Å²) in [4.78, 5) is 12.2. The minimum Gasteiger partial charge on any atom is -0.496 e. The van der Waals surface area contributed by atoms with Crippen LogP contribution < -0.4 is 15.4 Å². The first-order chi connectivity index (χ1) is 8.74. The maximum absolute atomic E-state index is 12.2. The molecule has 5 heteroatoms. The first-order valence-electron chi connectivity index (χ1n) is 6.47. The van der Waals surface area contributed by atoms with Crippen LogP contribution >= 0.6 is 12.4 Å². The van der Waals surface area contributed by atoms with E-state index in [1.54, 1.807) is 7.11 Å². The molecule has 2 heterocycles. The van der Waals surface area contributed by atoms with Crippen molar-refractivity contribution in [2.45, 2.75) is 25.3 Å². The van der Waals surface area contributed by atoms with Gasteiger partial charge < -0.3 is 15.4 Å². The van der Waals surface area contributed by atoms with Gasteiger partial charge in [0.2, 0.25) is 0 Å². The molecule has 0 saturated carbocycles. The van der Waals surface area contributed by atoms with Crippen LogP contribution in [0, 0.1) is 0 Å². The molecular weight excluding hydrogens is 264 g/mol. The maximum atomic E-state index is 12.2. The molecule has 2 N–H and O–H groups in total. The highest BCUT2D eigenvalue weighted by Crippen LogP contribution is 2.36. The van der Waals surface area contributed by atoms with E-state index in [1.165, 1.54) is 5.56 Å². The summed E-state index contributed by atoms with van der Waals surface area (Å²) in [6.45, 7) is 3.90. The van der Waals surface area contributed by atoms with Crippen LogP contribution in [0.15, 0.2) is 12.1 Å². The summed E-state index contributed by atoms with van der Waals surface area (Å²) in [5.74, 6) is 1.07. The molecule has 0 aliphatic carbocycles. The summed E-state index contributed by atoms with van der Waals surface area (Å²) < 4.78 is 5.39. The average Bonchev–Trinajstić information content (AvgIpc) is 2.85. The normalized spacial score (nSPS) is 24.0. The molecule has 0 unspecified atom stereocenters. The number of ether oxygens (including phenoxy) is 1. The van der Waals surface area contributed by atoms with Gasteiger partial charge in [0.25, 0.3) is 5.91 Å². The predicted molar refractivity (Wildman–Crippen MR) is 76.5 cm³/mol. The number of nitrogens with one attached hydrogen (secondary N) is 2. The van der Waals surface area contributed by atoms with Gasteiger partial charge in [0.05, 0.1) is 12.7 Å². The molecule has 1 saturated heterocycles. The van der Waals surface area contributed by atoms with Gasteiger partial charge in [-0.3, -0.25) is 4.79 Å². The van der Waals surface area contributed by atoms with Crippen molar-refractivity contribution in [2.24, 2.45) is 0 Å². The monoisotopic (exact) mass is 282 g/mol. The summed E-state index contributed by atoms with van der Waals surface area (Å²) in [6, 6.07) is 4.37. The van der Waals surface area contributed by atoms with Gasteiger partial charge in [-0.05, 0) is 23.6 Å². The third-order valence-corrected chi connectivity index (χ3v) is 3.98. The zero-order valence-corrected chi connectivity index (χ0v) is 12.0. The van der Waals surface area contributed by atoms with Crippen LogP contribution in [0.3, 0.4) is 0 Å². The predicted octanol–water partition coefficient (Wildman–Crippen LogP) is 1.48. The molecule has 3 rings (SSSR count). The van der Waals surface area contributed by atoms with Crippen molar-refractivity contribution in [3.8, 4) is 5.75 Å². The Labute approximate surface area is 119 Å². The molecule has 19 heavy (non-hydrogen) atoms. The summed E-state index contributed by atoms with van der Waals surface area (Å²) in [7, 11) is 1.63. The molecule has 2 aliphatic rings. The van der Waals surface area contributed by atoms with Crippen molar-refractivity contribution in [2.75, 3.05) is 20.2 Å². The van der Waals surface area contributed by atoms with Crippen LogP contribution in [0.1, 0.15) is 34.3 Å². The van der Waals surface area contributed by atoms with E-state index in [2.05, 4.69) is 23.6 Å². The molecule has 0 bridgehead atoms. The second-order valence-electron chi connectivity index (χ2n) is 4.96. The fourth-order valence-corrected chi connectivity index (χ4v) is 2.99. The number of fused-ring (bicyclic) bond motifs is 3. The van der Waals surface area contributed by atoms with Gasteiger partial charge in [-0.15, -0.1) is 12.4 Å². The van der Waals surface area contributed by atoms with Crippen LogP contribution in [-0.2, 0) is 6.42 Å². The van der Waals surface area contributed by atoms with E-state index in [0.29, 0.717) is 11.7 Å². The highest BCUT2D eigenvalue weighted by Gasteiger charge is 2.38. The third kappa shape index (κ3) is 2.19. The fraction of sp³-hybridized carbons (Fsp3) is 0.500. The van der Waals surface area contributed by atoms with Gasteiger partial charge in [0, 0.05) is 25.0 Å². The Kier molecular flexibility index (Phi) is 4.02. The van der Waals surface area contributed by atoms with E-state index in [0.717, 1.165) is 30.6 Å². The Bertz CT molecular complexity index is 504. The molecule has 1 aromatic rings. The Morgan fingerprint density at radius 1 is 1.37 bits per heavy atom. The lowest BCUT2D eigenvalue weighted by molar-refractivity contribution is 0.0920. The lowest BCUT2D eigenvalue weighted by atomic mass is 9.84. The van der Waals surface area contributed by atoms with Gasteiger partial charge >= 0.3 is 0 Å². The lowest BCUT2D eigenvalue weighted by Gasteiger charge is -2.29. The summed E-state index contributed by atoms with van der Waals surface area (Å²) >= 11 is 0. The number of hydrogen-bond donors (Lipinski definition) is 2. The van der Waals surface area contributed by atoms with Crippen molar-refractivity contribution >= 4 is 18.3 Å². The van der Waals surface area contributed by atoms with E-state index in [9.17, 15) is 4.79 Å². The Morgan fingerprint density at radius 3 is 2.84 bits per heavy atom. The van der Waals surface area contributed by atoms with Gasteiger partial charge in [-0.25, -0.2) is 0 Å². The number of rotatable bonds is 2. The highest BCUT2D eigenvalue weighted by molar-refractivity contribution is 6.00. The quantitative estimate of drug-likeness (QED) is 0.864. The molecular formula is C14H19ClN2O2. The molecule has 0 aromatic heterocycles. The molecule has 1 fully saturated rings. The minimum absolute atomic E-state index is 0. The maximum Gasteiger partial charge on any atom is 0.255 e. The van der Waals surface area contributed by atoms with Crippen LogP contribution in [-0.4, -0.2) is 32.1 Å². The molecule has 2 atom stereocenters. The first kappa shape index (κ1) is 14.2. The number of carbonyl (C=O) groups excluding carboxylic acids is 1. The Balaban J connectivity index is 0.00000133. The van der Waals surface area contributed by atoms with E-state index in [-0.39, 0.29) is 24.4 Å². The number of carbonyl (C=O) groups is 1. The zero-order valence-electron chi connectivity index (χ0n) is 11.2. The number of hydrogen-bond acceptors (Lipinski definition) is 3. The molecule has 1 aromatic carbocycles. The summed E-state index contributed by atoms with van der Waals surface area (Å²) in [6.07, 6.45) is 0.954. The van der Waals surface area contributed by atoms with Crippen molar-refractivity contribution in [3.05, 3.63) is 28.8 Å². The molecule has 0 spiro atoms.